The number of carboxylic acids is 1. The Morgan fingerprint density at radius 3 is 3.00 bits per heavy atom. The number of hydrogen-bond donors (Lipinski definition) is 1. The highest BCUT2D eigenvalue weighted by Gasteiger charge is 2.36. The first-order chi connectivity index (χ1) is 6.52. The summed E-state index contributed by atoms with van der Waals surface area (Å²) in [7, 11) is -3.27. The molecule has 1 aromatic rings. The van der Waals surface area contributed by atoms with E-state index in [-0.39, 0.29) is 22.1 Å². The molecule has 2 heterocycles. The van der Waals surface area contributed by atoms with Crippen LogP contribution in [0.25, 0.3) is 0 Å². The van der Waals surface area contributed by atoms with Crippen molar-refractivity contribution in [3.8, 4) is 0 Å². The van der Waals surface area contributed by atoms with Crippen molar-refractivity contribution in [2.45, 2.75) is 16.5 Å². The molecule has 1 aliphatic heterocycles. The van der Waals surface area contributed by atoms with Crippen LogP contribution in [0.5, 0.6) is 0 Å². The van der Waals surface area contributed by atoms with Gasteiger partial charge >= 0.3 is 5.97 Å². The maximum atomic E-state index is 11.5. The van der Waals surface area contributed by atoms with Gasteiger partial charge in [-0.2, -0.15) is 0 Å². The molecule has 1 atom stereocenters. The third-order valence-corrected chi connectivity index (χ3v) is 5.38. The summed E-state index contributed by atoms with van der Waals surface area (Å²) < 4.78 is 23.1. The van der Waals surface area contributed by atoms with E-state index in [1.54, 1.807) is 0 Å². The molecule has 1 N–H and O–H groups in total. The number of fused-ring (bicyclic) bond motifs is 1. The Labute approximate surface area is 84.3 Å². The first kappa shape index (κ1) is 9.60. The average Bonchev–Trinajstić information content (AvgIpc) is 2.52. The van der Waals surface area contributed by atoms with Crippen LogP contribution in [0.2, 0.25) is 0 Å². The third kappa shape index (κ3) is 1.32. The highest BCUT2D eigenvalue weighted by molar-refractivity contribution is 7.93. The van der Waals surface area contributed by atoms with Crippen LogP contribution in [0.4, 0.5) is 0 Å². The topological polar surface area (TPSA) is 84.3 Å². The smallest absolute Gasteiger partial charge is 0.312 e. The minimum absolute atomic E-state index is 0.0981. The van der Waals surface area contributed by atoms with Crippen molar-refractivity contribution in [3.63, 3.8) is 0 Å². The van der Waals surface area contributed by atoms with Crippen LogP contribution in [-0.4, -0.2) is 30.2 Å². The van der Waals surface area contributed by atoms with Crippen LogP contribution in [0.15, 0.2) is 9.72 Å². The molecule has 0 saturated heterocycles. The number of hydrogen-bond acceptors (Lipinski definition) is 5. The molecule has 0 fully saturated rings. The van der Waals surface area contributed by atoms with Gasteiger partial charge in [0.25, 0.3) is 0 Å². The summed E-state index contributed by atoms with van der Waals surface area (Å²) in [5.74, 6) is -1.87. The van der Waals surface area contributed by atoms with Crippen LogP contribution in [-0.2, 0) is 14.6 Å². The first-order valence-corrected chi connectivity index (χ1v) is 6.44. The van der Waals surface area contributed by atoms with Crippen molar-refractivity contribution in [3.05, 3.63) is 11.2 Å². The summed E-state index contributed by atoms with van der Waals surface area (Å²) in [5.41, 5.74) is 1.58. The predicted octanol–water partition coefficient (Wildman–Crippen LogP) is 0.489. The summed E-state index contributed by atoms with van der Waals surface area (Å²) >= 11 is 0.991. The molecule has 0 spiro atoms. The Morgan fingerprint density at radius 2 is 2.36 bits per heavy atom. The summed E-state index contributed by atoms with van der Waals surface area (Å²) in [6.07, 6.45) is 0.119. The maximum absolute atomic E-state index is 11.5. The minimum atomic E-state index is -3.27. The van der Waals surface area contributed by atoms with Gasteiger partial charge < -0.3 is 5.11 Å². The summed E-state index contributed by atoms with van der Waals surface area (Å²) in [6.45, 7) is 0. The molecule has 2 rings (SSSR count). The summed E-state index contributed by atoms with van der Waals surface area (Å²) in [5, 5.41) is 8.84. The molecule has 0 bridgehead atoms. The van der Waals surface area contributed by atoms with E-state index in [1.165, 1.54) is 5.51 Å². The minimum Gasteiger partial charge on any atom is -0.481 e. The quantitative estimate of drug-likeness (QED) is 0.763. The zero-order chi connectivity index (χ0) is 10.3. The molecule has 5 nitrogen and oxygen atoms in total. The fourth-order valence-corrected chi connectivity index (χ4v) is 4.24. The zero-order valence-electron chi connectivity index (χ0n) is 7.00. The van der Waals surface area contributed by atoms with Gasteiger partial charge in [-0.25, -0.2) is 13.4 Å². The number of thiazole rings is 1. The van der Waals surface area contributed by atoms with E-state index in [0.29, 0.717) is 0 Å². The van der Waals surface area contributed by atoms with Crippen LogP contribution in [0.1, 0.15) is 18.0 Å². The van der Waals surface area contributed by atoms with E-state index < -0.39 is 21.7 Å². The normalized spacial score (nSPS) is 24.1. The number of aromatic nitrogens is 1. The van der Waals surface area contributed by atoms with Gasteiger partial charge in [0.05, 0.1) is 17.0 Å². The summed E-state index contributed by atoms with van der Waals surface area (Å²) in [4.78, 5) is 14.6. The standard InChI is InChI=1S/C7H7NO4S2/c9-6(10)4-1-2-14(11,12)7-5(4)8-3-13-7/h3-4H,1-2H2,(H,9,10). The van der Waals surface area contributed by atoms with E-state index in [1.807, 2.05) is 0 Å². The van der Waals surface area contributed by atoms with Crippen molar-refractivity contribution < 1.29 is 18.3 Å². The molecule has 1 aromatic heterocycles. The Balaban J connectivity index is 2.58. The monoisotopic (exact) mass is 233 g/mol. The molecule has 76 valence electrons. The van der Waals surface area contributed by atoms with Gasteiger partial charge in [0, 0.05) is 0 Å². The van der Waals surface area contributed by atoms with Crippen LogP contribution in [0.3, 0.4) is 0 Å². The Kier molecular flexibility index (Phi) is 2.07. The number of sulfone groups is 1. The largest absolute Gasteiger partial charge is 0.481 e. The molecule has 1 aliphatic rings. The van der Waals surface area contributed by atoms with Crippen molar-refractivity contribution in [1.29, 1.82) is 0 Å². The van der Waals surface area contributed by atoms with Gasteiger partial charge in [-0.3, -0.25) is 4.79 Å². The second kappa shape index (κ2) is 3.03. The van der Waals surface area contributed by atoms with Crippen molar-refractivity contribution in [2.24, 2.45) is 0 Å². The molecule has 14 heavy (non-hydrogen) atoms. The predicted molar refractivity (Wildman–Crippen MR) is 49.2 cm³/mol. The molecule has 7 heteroatoms. The maximum Gasteiger partial charge on any atom is 0.312 e. The number of carbonyl (C=O) groups is 1. The molecule has 1 unspecified atom stereocenters. The van der Waals surface area contributed by atoms with Crippen molar-refractivity contribution >= 4 is 27.1 Å². The summed E-state index contributed by atoms with van der Waals surface area (Å²) in [6, 6.07) is 0. The van der Waals surface area contributed by atoms with Gasteiger partial charge in [-0.1, -0.05) is 0 Å². The van der Waals surface area contributed by atoms with Crippen LogP contribution in [0, 0.1) is 0 Å². The Bertz CT molecular complexity index is 476. The second-order valence-corrected chi connectivity index (χ2v) is 6.18. The lowest BCUT2D eigenvalue weighted by Gasteiger charge is -2.16. The molecular formula is C7H7NO4S2. The lowest BCUT2D eigenvalue weighted by molar-refractivity contribution is -0.139. The molecule has 0 aliphatic carbocycles. The van der Waals surface area contributed by atoms with Gasteiger partial charge in [0.2, 0.25) is 0 Å². The van der Waals surface area contributed by atoms with Gasteiger partial charge in [-0.15, -0.1) is 11.3 Å². The van der Waals surface area contributed by atoms with Crippen molar-refractivity contribution in [1.82, 2.24) is 4.98 Å². The van der Waals surface area contributed by atoms with E-state index >= 15 is 0 Å². The van der Waals surface area contributed by atoms with Gasteiger partial charge in [0.15, 0.2) is 9.84 Å². The van der Waals surface area contributed by atoms with E-state index in [0.717, 1.165) is 11.3 Å². The highest BCUT2D eigenvalue weighted by Crippen LogP contribution is 2.35. The number of carboxylic acid groups (broad SMARTS) is 1. The van der Waals surface area contributed by atoms with Crippen molar-refractivity contribution in [2.75, 3.05) is 5.75 Å². The molecule has 0 aromatic carbocycles. The van der Waals surface area contributed by atoms with Crippen LogP contribution >= 0.6 is 11.3 Å². The van der Waals surface area contributed by atoms with Crippen LogP contribution < -0.4 is 0 Å². The van der Waals surface area contributed by atoms with Gasteiger partial charge in [-0.05, 0) is 6.42 Å². The molecule has 0 saturated carbocycles. The zero-order valence-corrected chi connectivity index (χ0v) is 8.64. The Hall–Kier alpha value is -0.950. The van der Waals surface area contributed by atoms with E-state index in [9.17, 15) is 13.2 Å². The number of rotatable bonds is 1. The molecule has 0 radical (unpaired) electrons. The van der Waals surface area contributed by atoms with E-state index in [4.69, 9.17) is 5.11 Å². The average molecular weight is 233 g/mol. The third-order valence-electron chi connectivity index (χ3n) is 2.15. The SMILES string of the molecule is O=C(O)C1CCS(=O)(=O)c2scnc21. The fourth-order valence-electron chi connectivity index (χ4n) is 1.45. The lowest BCUT2D eigenvalue weighted by Crippen LogP contribution is -2.24. The highest BCUT2D eigenvalue weighted by atomic mass is 32.2. The molecular weight excluding hydrogens is 226 g/mol. The fraction of sp³-hybridized carbons (Fsp3) is 0.429. The first-order valence-electron chi connectivity index (χ1n) is 3.91. The number of nitrogens with zero attached hydrogens (tertiary/aromatic N) is 1. The molecule has 0 amide bonds. The van der Waals surface area contributed by atoms with Gasteiger partial charge in [0.1, 0.15) is 10.1 Å². The second-order valence-electron chi connectivity index (χ2n) is 3.02. The lowest BCUT2D eigenvalue weighted by atomic mass is 10.0. The Morgan fingerprint density at radius 1 is 1.64 bits per heavy atom. The van der Waals surface area contributed by atoms with E-state index in [2.05, 4.69) is 4.98 Å². The number of aliphatic carboxylic acids is 1.